The Hall–Kier alpha value is -1.67. The summed E-state index contributed by atoms with van der Waals surface area (Å²) in [5, 5.41) is 9.55. The van der Waals surface area contributed by atoms with Gasteiger partial charge in [0.1, 0.15) is 5.82 Å². The zero-order valence-electron chi connectivity index (χ0n) is 11.4. The molecule has 2 aromatic rings. The fraction of sp³-hybridized carbons (Fsp3) is 0.294. The van der Waals surface area contributed by atoms with Crippen LogP contribution in [0.4, 0.5) is 4.39 Å². The van der Waals surface area contributed by atoms with E-state index in [2.05, 4.69) is 32.0 Å². The lowest BCUT2D eigenvalue weighted by atomic mass is 9.91. The monoisotopic (exact) mass is 258 g/mol. The SMILES string of the molecule is Cc1cc(C)cc(CC(CO)c2cccc(F)c2)c1. The van der Waals surface area contributed by atoms with Gasteiger partial charge >= 0.3 is 0 Å². The summed E-state index contributed by atoms with van der Waals surface area (Å²) in [5.74, 6) is -0.312. The maximum Gasteiger partial charge on any atom is 0.123 e. The molecule has 2 aromatic carbocycles. The molecule has 0 saturated carbocycles. The summed E-state index contributed by atoms with van der Waals surface area (Å²) in [4.78, 5) is 0. The van der Waals surface area contributed by atoms with Crippen molar-refractivity contribution in [1.29, 1.82) is 0 Å². The summed E-state index contributed by atoms with van der Waals surface area (Å²) in [5.41, 5.74) is 4.46. The van der Waals surface area contributed by atoms with E-state index in [1.165, 1.54) is 28.8 Å². The van der Waals surface area contributed by atoms with E-state index in [0.717, 1.165) is 12.0 Å². The highest BCUT2D eigenvalue weighted by Crippen LogP contribution is 2.22. The summed E-state index contributed by atoms with van der Waals surface area (Å²) in [7, 11) is 0. The van der Waals surface area contributed by atoms with Gasteiger partial charge in [-0.2, -0.15) is 0 Å². The minimum Gasteiger partial charge on any atom is -0.396 e. The Morgan fingerprint density at radius 2 is 1.74 bits per heavy atom. The van der Waals surface area contributed by atoms with Crippen molar-refractivity contribution in [1.82, 2.24) is 0 Å². The second-order valence-electron chi connectivity index (χ2n) is 5.13. The molecule has 1 unspecified atom stereocenters. The number of hydrogen-bond donors (Lipinski definition) is 1. The quantitative estimate of drug-likeness (QED) is 0.885. The maximum absolute atomic E-state index is 13.2. The number of rotatable bonds is 4. The number of aliphatic hydroxyl groups is 1. The van der Waals surface area contributed by atoms with Crippen LogP contribution in [-0.4, -0.2) is 11.7 Å². The molecule has 0 spiro atoms. The van der Waals surface area contributed by atoms with Gasteiger partial charge in [-0.3, -0.25) is 0 Å². The molecular weight excluding hydrogens is 239 g/mol. The Labute approximate surface area is 113 Å². The van der Waals surface area contributed by atoms with Gasteiger partial charge < -0.3 is 5.11 Å². The van der Waals surface area contributed by atoms with Gasteiger partial charge in [-0.15, -0.1) is 0 Å². The summed E-state index contributed by atoms with van der Waals surface area (Å²) in [6, 6.07) is 12.9. The molecule has 0 aliphatic heterocycles. The van der Waals surface area contributed by atoms with E-state index < -0.39 is 0 Å². The average Bonchev–Trinajstić information content (AvgIpc) is 2.34. The number of aliphatic hydroxyl groups excluding tert-OH is 1. The van der Waals surface area contributed by atoms with Crippen LogP contribution in [0.3, 0.4) is 0 Å². The zero-order valence-corrected chi connectivity index (χ0v) is 11.4. The van der Waals surface area contributed by atoms with Crippen molar-refractivity contribution in [2.24, 2.45) is 0 Å². The molecule has 0 aromatic heterocycles. The Bertz CT molecular complexity index is 543. The highest BCUT2D eigenvalue weighted by Gasteiger charge is 2.12. The molecule has 1 N–H and O–H groups in total. The standard InChI is InChI=1S/C17H19FO/c1-12-6-13(2)8-14(7-12)9-16(11-19)15-4-3-5-17(18)10-15/h3-8,10,16,19H,9,11H2,1-2H3. The Kier molecular flexibility index (Phi) is 4.33. The van der Waals surface area contributed by atoms with Gasteiger partial charge in [-0.05, 0) is 43.5 Å². The highest BCUT2D eigenvalue weighted by atomic mass is 19.1. The van der Waals surface area contributed by atoms with Crippen LogP contribution >= 0.6 is 0 Å². The number of hydrogen-bond acceptors (Lipinski definition) is 1. The lowest BCUT2D eigenvalue weighted by molar-refractivity contribution is 0.264. The van der Waals surface area contributed by atoms with Crippen molar-refractivity contribution >= 4 is 0 Å². The van der Waals surface area contributed by atoms with Gasteiger partial charge in [0.2, 0.25) is 0 Å². The zero-order chi connectivity index (χ0) is 13.8. The van der Waals surface area contributed by atoms with E-state index in [9.17, 15) is 9.50 Å². The minimum absolute atomic E-state index is 0.0242. The summed E-state index contributed by atoms with van der Waals surface area (Å²) in [6.45, 7) is 4.15. The Morgan fingerprint density at radius 3 is 2.32 bits per heavy atom. The predicted molar refractivity (Wildman–Crippen MR) is 75.8 cm³/mol. The fourth-order valence-corrected chi connectivity index (χ4v) is 2.52. The summed E-state index contributed by atoms with van der Waals surface area (Å²) in [6.07, 6.45) is 0.725. The van der Waals surface area contributed by atoms with Gasteiger partial charge in [-0.1, -0.05) is 41.5 Å². The molecule has 0 bridgehead atoms. The van der Waals surface area contributed by atoms with Crippen LogP contribution in [0.5, 0.6) is 0 Å². The van der Waals surface area contributed by atoms with E-state index in [0.29, 0.717) is 0 Å². The van der Waals surface area contributed by atoms with Crippen molar-refractivity contribution in [3.63, 3.8) is 0 Å². The Morgan fingerprint density at radius 1 is 1.05 bits per heavy atom. The van der Waals surface area contributed by atoms with Crippen LogP contribution < -0.4 is 0 Å². The first-order valence-corrected chi connectivity index (χ1v) is 6.52. The van der Waals surface area contributed by atoms with Crippen LogP contribution in [-0.2, 0) is 6.42 Å². The van der Waals surface area contributed by atoms with Crippen molar-refractivity contribution in [2.75, 3.05) is 6.61 Å². The van der Waals surface area contributed by atoms with Gasteiger partial charge in [0.25, 0.3) is 0 Å². The van der Waals surface area contributed by atoms with Crippen molar-refractivity contribution < 1.29 is 9.50 Å². The molecule has 1 nitrogen and oxygen atoms in total. The molecule has 19 heavy (non-hydrogen) atoms. The predicted octanol–water partition coefficient (Wildman–Crippen LogP) is 3.76. The second kappa shape index (κ2) is 5.98. The normalized spacial score (nSPS) is 12.4. The first-order valence-electron chi connectivity index (χ1n) is 6.52. The molecule has 0 aliphatic rings. The van der Waals surface area contributed by atoms with E-state index in [1.807, 2.05) is 6.07 Å². The van der Waals surface area contributed by atoms with Crippen LogP contribution in [0.1, 0.15) is 28.2 Å². The Balaban J connectivity index is 2.23. The second-order valence-corrected chi connectivity index (χ2v) is 5.13. The molecular formula is C17H19FO. The lowest BCUT2D eigenvalue weighted by Gasteiger charge is -2.15. The van der Waals surface area contributed by atoms with E-state index in [1.54, 1.807) is 6.07 Å². The number of aryl methyl sites for hydroxylation is 2. The molecule has 0 amide bonds. The van der Waals surface area contributed by atoms with Gasteiger partial charge in [0.15, 0.2) is 0 Å². The molecule has 0 fully saturated rings. The van der Waals surface area contributed by atoms with Gasteiger partial charge in [-0.25, -0.2) is 4.39 Å². The van der Waals surface area contributed by atoms with E-state index in [-0.39, 0.29) is 18.3 Å². The van der Waals surface area contributed by atoms with E-state index >= 15 is 0 Å². The summed E-state index contributed by atoms with van der Waals surface area (Å²) >= 11 is 0. The van der Waals surface area contributed by atoms with Gasteiger partial charge in [0, 0.05) is 5.92 Å². The largest absolute Gasteiger partial charge is 0.396 e. The first kappa shape index (κ1) is 13.8. The lowest BCUT2D eigenvalue weighted by Crippen LogP contribution is -2.08. The summed E-state index contributed by atoms with van der Waals surface area (Å²) < 4.78 is 13.2. The molecule has 100 valence electrons. The average molecular weight is 258 g/mol. The molecule has 2 heteroatoms. The van der Waals surface area contributed by atoms with Crippen LogP contribution in [0, 0.1) is 19.7 Å². The van der Waals surface area contributed by atoms with Crippen LogP contribution in [0.25, 0.3) is 0 Å². The smallest absolute Gasteiger partial charge is 0.123 e. The first-order chi connectivity index (χ1) is 9.08. The topological polar surface area (TPSA) is 20.2 Å². The van der Waals surface area contributed by atoms with Gasteiger partial charge in [0.05, 0.1) is 6.61 Å². The van der Waals surface area contributed by atoms with Crippen molar-refractivity contribution in [3.05, 3.63) is 70.5 Å². The number of benzene rings is 2. The van der Waals surface area contributed by atoms with E-state index in [4.69, 9.17) is 0 Å². The third-order valence-corrected chi connectivity index (χ3v) is 3.30. The minimum atomic E-state index is -0.253. The maximum atomic E-state index is 13.2. The van der Waals surface area contributed by atoms with Crippen molar-refractivity contribution in [3.8, 4) is 0 Å². The molecule has 2 rings (SSSR count). The molecule has 0 heterocycles. The third kappa shape index (κ3) is 3.65. The van der Waals surface area contributed by atoms with Crippen LogP contribution in [0.15, 0.2) is 42.5 Å². The molecule has 0 radical (unpaired) electrons. The third-order valence-electron chi connectivity index (χ3n) is 3.30. The fourth-order valence-electron chi connectivity index (χ4n) is 2.52. The molecule has 1 atom stereocenters. The highest BCUT2D eigenvalue weighted by molar-refractivity contribution is 5.31. The molecule has 0 aliphatic carbocycles. The van der Waals surface area contributed by atoms with Crippen LogP contribution in [0.2, 0.25) is 0 Å². The molecule has 0 saturated heterocycles. The van der Waals surface area contributed by atoms with Crippen molar-refractivity contribution in [2.45, 2.75) is 26.2 Å². The number of halogens is 1.